The Labute approximate surface area is 203 Å². The van der Waals surface area contributed by atoms with Crippen LogP contribution in [-0.4, -0.2) is 45.3 Å². The van der Waals surface area contributed by atoms with Crippen molar-refractivity contribution in [2.24, 2.45) is 17.3 Å². The number of rotatable bonds is 6. The van der Waals surface area contributed by atoms with Crippen LogP contribution in [-0.2, 0) is 16.0 Å². The average Bonchev–Trinajstić information content (AvgIpc) is 3.09. The summed E-state index contributed by atoms with van der Waals surface area (Å²) in [5, 5.41) is 12.7. The van der Waals surface area contributed by atoms with Crippen LogP contribution in [0.2, 0.25) is 0 Å². The molecule has 3 atom stereocenters. The number of carbonyl (C=O) groups excluding carboxylic acids is 3. The smallest absolute Gasteiger partial charge is 0.326 e. The van der Waals surface area contributed by atoms with Crippen molar-refractivity contribution in [3.05, 3.63) is 71.3 Å². The molecule has 0 radical (unpaired) electrons. The van der Waals surface area contributed by atoms with E-state index in [1.54, 1.807) is 24.3 Å². The van der Waals surface area contributed by atoms with E-state index in [0.717, 1.165) is 24.8 Å². The molecule has 2 aromatic rings. The van der Waals surface area contributed by atoms with Gasteiger partial charge in [-0.3, -0.25) is 19.3 Å². The normalized spacial score (nSPS) is 31.4. The fourth-order valence-electron chi connectivity index (χ4n) is 7.72. The van der Waals surface area contributed by atoms with Gasteiger partial charge in [0, 0.05) is 6.42 Å². The van der Waals surface area contributed by atoms with Crippen molar-refractivity contribution in [3.8, 4) is 0 Å². The van der Waals surface area contributed by atoms with Gasteiger partial charge in [-0.1, -0.05) is 42.5 Å². The molecule has 4 fully saturated rings. The van der Waals surface area contributed by atoms with Gasteiger partial charge in [-0.2, -0.15) is 0 Å². The number of benzene rings is 2. The molecule has 2 aromatic carbocycles. The molecular weight excluding hydrogens is 444 g/mol. The molecule has 180 valence electrons. The number of nitrogens with one attached hydrogen (secondary N) is 1. The summed E-state index contributed by atoms with van der Waals surface area (Å²) in [7, 11) is 0. The van der Waals surface area contributed by atoms with Crippen LogP contribution < -0.4 is 5.32 Å². The highest BCUT2D eigenvalue weighted by Crippen LogP contribution is 2.64. The van der Waals surface area contributed by atoms with Gasteiger partial charge in [0.05, 0.1) is 22.1 Å². The Morgan fingerprint density at radius 2 is 1.49 bits per heavy atom. The van der Waals surface area contributed by atoms with E-state index in [0.29, 0.717) is 30.4 Å². The summed E-state index contributed by atoms with van der Waals surface area (Å²) in [6, 6.07) is 15.1. The molecule has 7 nitrogen and oxygen atoms in total. The lowest BCUT2D eigenvalue weighted by molar-refractivity contribution is -0.159. The molecular formula is C28H28N2O5. The number of aliphatic carboxylic acids is 1. The van der Waals surface area contributed by atoms with Crippen molar-refractivity contribution in [3.63, 3.8) is 0 Å². The van der Waals surface area contributed by atoms with Crippen LogP contribution in [0.3, 0.4) is 0 Å². The molecule has 0 aromatic heterocycles. The zero-order valence-electron chi connectivity index (χ0n) is 19.4. The van der Waals surface area contributed by atoms with Gasteiger partial charge in [0.2, 0.25) is 5.91 Å². The van der Waals surface area contributed by atoms with Gasteiger partial charge in [0.25, 0.3) is 11.8 Å². The summed E-state index contributed by atoms with van der Waals surface area (Å²) in [5.41, 5.74) is 0.255. The Kier molecular flexibility index (Phi) is 4.88. The van der Waals surface area contributed by atoms with Crippen molar-refractivity contribution in [2.75, 3.05) is 0 Å². The van der Waals surface area contributed by atoms with Gasteiger partial charge >= 0.3 is 5.97 Å². The summed E-state index contributed by atoms with van der Waals surface area (Å²) in [6.07, 6.45) is 4.39. The minimum absolute atomic E-state index is 0.203. The Hall–Kier alpha value is -3.48. The molecule has 4 bridgehead atoms. The third kappa shape index (κ3) is 3.39. The summed E-state index contributed by atoms with van der Waals surface area (Å²) >= 11 is 0. The predicted molar refractivity (Wildman–Crippen MR) is 127 cm³/mol. The Bertz CT molecular complexity index is 1190. The first-order valence-electron chi connectivity index (χ1n) is 12.4. The molecule has 35 heavy (non-hydrogen) atoms. The van der Waals surface area contributed by atoms with Gasteiger partial charge in [-0.15, -0.1) is 0 Å². The van der Waals surface area contributed by atoms with Gasteiger partial charge in [0.15, 0.2) is 0 Å². The van der Waals surface area contributed by atoms with Crippen LogP contribution in [0.25, 0.3) is 0 Å². The van der Waals surface area contributed by atoms with Crippen molar-refractivity contribution in [1.82, 2.24) is 10.2 Å². The molecule has 0 spiro atoms. The molecule has 1 aliphatic heterocycles. The van der Waals surface area contributed by atoms with Crippen LogP contribution >= 0.6 is 0 Å². The first-order chi connectivity index (χ1) is 16.8. The van der Waals surface area contributed by atoms with Crippen molar-refractivity contribution < 1.29 is 24.3 Å². The standard InChI is InChI=1S/C28H28N2O5/c31-23-20-8-4-5-9-21(20)24(32)30(23)28-14-18-10-19(15-28)13-27(12-18,16-28)26(35)29-22(25(33)34)11-17-6-2-1-3-7-17/h1-9,18-19,22H,10-16H2,(H,29,35)(H,33,34)/t18?,19?,22-,27?,28?/m0/s1. The number of carboxylic acids is 1. The second kappa shape index (κ2) is 7.77. The molecule has 4 saturated carbocycles. The number of hydrogen-bond acceptors (Lipinski definition) is 4. The predicted octanol–water partition coefficient (Wildman–Crippen LogP) is 3.43. The maximum absolute atomic E-state index is 13.8. The topological polar surface area (TPSA) is 104 Å². The number of hydrogen-bond donors (Lipinski definition) is 2. The van der Waals surface area contributed by atoms with Crippen molar-refractivity contribution in [1.29, 1.82) is 0 Å². The van der Waals surface area contributed by atoms with E-state index in [2.05, 4.69) is 5.32 Å². The highest BCUT2D eigenvalue weighted by Gasteiger charge is 2.65. The Morgan fingerprint density at radius 3 is 2.06 bits per heavy atom. The second-order valence-electron chi connectivity index (χ2n) is 11.0. The number of carbonyl (C=O) groups is 4. The second-order valence-corrected chi connectivity index (χ2v) is 11.0. The van der Waals surface area contributed by atoms with Crippen LogP contribution in [0, 0.1) is 17.3 Å². The minimum atomic E-state index is -1.07. The molecule has 7 heteroatoms. The highest BCUT2D eigenvalue weighted by atomic mass is 16.4. The third-order valence-corrected chi connectivity index (χ3v) is 8.67. The van der Waals surface area contributed by atoms with Crippen LogP contribution in [0.5, 0.6) is 0 Å². The fourth-order valence-corrected chi connectivity index (χ4v) is 7.72. The van der Waals surface area contributed by atoms with E-state index < -0.39 is 23.0 Å². The van der Waals surface area contributed by atoms with Crippen LogP contribution in [0.15, 0.2) is 54.6 Å². The molecule has 5 aliphatic rings. The lowest BCUT2D eigenvalue weighted by Crippen LogP contribution is -2.67. The number of amides is 3. The van der Waals surface area contributed by atoms with E-state index >= 15 is 0 Å². The minimum Gasteiger partial charge on any atom is -0.480 e. The van der Waals surface area contributed by atoms with Crippen molar-refractivity contribution in [2.45, 2.75) is 56.5 Å². The number of nitrogens with zero attached hydrogens (tertiary/aromatic N) is 1. The lowest BCUT2D eigenvalue weighted by Gasteiger charge is -2.63. The van der Waals surface area contributed by atoms with E-state index in [9.17, 15) is 24.3 Å². The fraction of sp³-hybridized carbons (Fsp3) is 0.429. The maximum atomic E-state index is 13.8. The van der Waals surface area contributed by atoms with E-state index in [4.69, 9.17) is 0 Å². The third-order valence-electron chi connectivity index (χ3n) is 8.67. The lowest BCUT2D eigenvalue weighted by atomic mass is 9.46. The van der Waals surface area contributed by atoms with Gasteiger partial charge in [0.1, 0.15) is 6.04 Å². The number of carboxylic acid groups (broad SMARTS) is 1. The molecule has 3 amide bonds. The molecule has 2 N–H and O–H groups in total. The summed E-state index contributed by atoms with van der Waals surface area (Å²) < 4.78 is 0. The van der Waals surface area contributed by atoms with E-state index in [-0.39, 0.29) is 36.0 Å². The Balaban J connectivity index is 1.29. The number of fused-ring (bicyclic) bond motifs is 1. The maximum Gasteiger partial charge on any atom is 0.326 e. The zero-order chi connectivity index (χ0) is 24.4. The first kappa shape index (κ1) is 22.0. The number of imide groups is 1. The quantitative estimate of drug-likeness (QED) is 0.627. The van der Waals surface area contributed by atoms with Crippen LogP contribution in [0.4, 0.5) is 0 Å². The van der Waals surface area contributed by atoms with Gasteiger partial charge < -0.3 is 10.4 Å². The monoisotopic (exact) mass is 472 g/mol. The first-order valence-corrected chi connectivity index (χ1v) is 12.4. The highest BCUT2D eigenvalue weighted by molar-refractivity contribution is 6.22. The summed E-state index contributed by atoms with van der Waals surface area (Å²) in [4.78, 5) is 54.1. The molecule has 1 heterocycles. The van der Waals surface area contributed by atoms with E-state index in [1.807, 2.05) is 30.3 Å². The van der Waals surface area contributed by atoms with Crippen molar-refractivity contribution >= 4 is 23.7 Å². The largest absolute Gasteiger partial charge is 0.480 e. The molecule has 2 unspecified atom stereocenters. The molecule has 4 aliphatic carbocycles. The zero-order valence-corrected chi connectivity index (χ0v) is 19.4. The molecule has 7 rings (SSSR count). The average molecular weight is 473 g/mol. The van der Waals surface area contributed by atoms with Gasteiger partial charge in [-0.25, -0.2) is 4.79 Å². The van der Waals surface area contributed by atoms with Crippen LogP contribution in [0.1, 0.15) is 64.8 Å². The SMILES string of the molecule is O=C(O)[C@H](Cc1ccccc1)NC(=O)C12CC3CC(C1)CC(N1C(=O)c4ccccc4C1=O)(C3)C2. The van der Waals surface area contributed by atoms with Gasteiger partial charge in [-0.05, 0) is 68.1 Å². The summed E-state index contributed by atoms with van der Waals surface area (Å²) in [5.74, 6) is -1.38. The van der Waals surface area contributed by atoms with E-state index in [1.165, 1.54) is 4.90 Å². The summed E-state index contributed by atoms with van der Waals surface area (Å²) in [6.45, 7) is 0. The Morgan fingerprint density at radius 1 is 0.914 bits per heavy atom. The molecule has 0 saturated heterocycles.